The van der Waals surface area contributed by atoms with Crippen molar-refractivity contribution in [3.63, 3.8) is 0 Å². The zero-order valence-electron chi connectivity index (χ0n) is 12.4. The van der Waals surface area contributed by atoms with Gasteiger partial charge in [0.05, 0.1) is 4.88 Å². The van der Waals surface area contributed by atoms with Crippen molar-refractivity contribution in [1.29, 1.82) is 0 Å². The molecule has 1 aromatic heterocycles. The number of amides is 1. The van der Waals surface area contributed by atoms with E-state index < -0.39 is 0 Å². The summed E-state index contributed by atoms with van der Waals surface area (Å²) in [5, 5.41) is 8.46. The molecule has 1 saturated heterocycles. The summed E-state index contributed by atoms with van der Waals surface area (Å²) in [6, 6.07) is 12.1. The number of benzene rings is 1. The Kier molecular flexibility index (Phi) is 6.43. The lowest BCUT2D eigenvalue weighted by molar-refractivity contribution is 0.0949. The van der Waals surface area contributed by atoms with Gasteiger partial charge in [-0.1, -0.05) is 30.3 Å². The maximum atomic E-state index is 12.4. The van der Waals surface area contributed by atoms with Gasteiger partial charge < -0.3 is 10.6 Å². The van der Waals surface area contributed by atoms with Crippen LogP contribution in [0.1, 0.15) is 22.5 Å². The Morgan fingerprint density at radius 1 is 1.27 bits per heavy atom. The number of halogens is 1. The van der Waals surface area contributed by atoms with Crippen LogP contribution in [0.2, 0.25) is 0 Å². The number of rotatable bonds is 4. The molecule has 2 heterocycles. The van der Waals surface area contributed by atoms with Crippen LogP contribution in [0.25, 0.3) is 11.1 Å². The second-order valence-corrected chi connectivity index (χ2v) is 6.37. The molecule has 0 bridgehead atoms. The lowest BCUT2D eigenvalue weighted by Crippen LogP contribution is -2.38. The summed E-state index contributed by atoms with van der Waals surface area (Å²) in [5.74, 6) is 0.609. The normalized spacial score (nSPS) is 17.5. The molecule has 0 radical (unpaired) electrons. The van der Waals surface area contributed by atoms with E-state index in [0.717, 1.165) is 35.6 Å². The summed E-state index contributed by atoms with van der Waals surface area (Å²) in [4.78, 5) is 13.2. The second-order valence-electron chi connectivity index (χ2n) is 5.45. The third-order valence-corrected chi connectivity index (χ3v) is 4.82. The highest BCUT2D eigenvalue weighted by Gasteiger charge is 2.17. The highest BCUT2D eigenvalue weighted by atomic mass is 35.5. The number of thiophene rings is 1. The standard InChI is InChI=1S/C17H20N2OS.ClH/c20-17(19-12-13-5-4-9-18-11-13)16-15(8-10-21-16)14-6-2-1-3-7-14;/h1-3,6-8,10,13,18H,4-5,9,11-12H2,(H,19,20);1H. The number of hydrogen-bond donors (Lipinski definition) is 2. The zero-order chi connectivity index (χ0) is 14.5. The first-order chi connectivity index (χ1) is 10.3. The Labute approximate surface area is 141 Å². The Hall–Kier alpha value is -1.36. The molecule has 22 heavy (non-hydrogen) atoms. The molecule has 1 amide bonds. The lowest BCUT2D eigenvalue weighted by atomic mass is 9.99. The maximum Gasteiger partial charge on any atom is 0.261 e. The van der Waals surface area contributed by atoms with E-state index in [2.05, 4.69) is 10.6 Å². The SMILES string of the molecule is Cl.O=C(NCC1CCCNC1)c1sccc1-c1ccccc1. The number of carbonyl (C=O) groups excluding carboxylic acids is 1. The van der Waals surface area contributed by atoms with Gasteiger partial charge in [-0.05, 0) is 48.9 Å². The fraction of sp³-hybridized carbons (Fsp3) is 0.353. The van der Waals surface area contributed by atoms with Crippen LogP contribution >= 0.6 is 23.7 Å². The molecular formula is C17H21ClN2OS. The van der Waals surface area contributed by atoms with Crippen LogP contribution in [0, 0.1) is 5.92 Å². The second kappa shape index (κ2) is 8.32. The summed E-state index contributed by atoms with van der Waals surface area (Å²) in [6.45, 7) is 2.88. The van der Waals surface area contributed by atoms with Gasteiger partial charge in [0.15, 0.2) is 0 Å². The molecule has 0 spiro atoms. The predicted octanol–water partition coefficient (Wildman–Crippen LogP) is 3.57. The summed E-state index contributed by atoms with van der Waals surface area (Å²) in [6.07, 6.45) is 2.40. The van der Waals surface area contributed by atoms with E-state index in [4.69, 9.17) is 0 Å². The molecule has 1 atom stereocenters. The Bertz CT molecular complexity index is 594. The minimum Gasteiger partial charge on any atom is -0.351 e. The molecule has 1 aliphatic heterocycles. The van der Waals surface area contributed by atoms with Crippen LogP contribution in [0.3, 0.4) is 0 Å². The predicted molar refractivity (Wildman–Crippen MR) is 94.9 cm³/mol. The molecule has 1 unspecified atom stereocenters. The van der Waals surface area contributed by atoms with Crippen molar-refractivity contribution in [2.75, 3.05) is 19.6 Å². The highest BCUT2D eigenvalue weighted by molar-refractivity contribution is 7.12. The summed E-state index contributed by atoms with van der Waals surface area (Å²) in [5.41, 5.74) is 2.13. The van der Waals surface area contributed by atoms with Gasteiger partial charge in [-0.2, -0.15) is 0 Å². The largest absolute Gasteiger partial charge is 0.351 e. The molecule has 1 fully saturated rings. The molecule has 118 valence electrons. The fourth-order valence-corrected chi connectivity index (χ4v) is 3.58. The van der Waals surface area contributed by atoms with Crippen LogP contribution < -0.4 is 10.6 Å². The van der Waals surface area contributed by atoms with Crippen LogP contribution in [0.15, 0.2) is 41.8 Å². The molecule has 2 N–H and O–H groups in total. The average Bonchev–Trinajstić information content (AvgIpc) is 3.04. The van der Waals surface area contributed by atoms with E-state index in [1.54, 1.807) is 0 Å². The van der Waals surface area contributed by atoms with Crippen LogP contribution in [0.4, 0.5) is 0 Å². The molecule has 3 nitrogen and oxygen atoms in total. The van der Waals surface area contributed by atoms with E-state index >= 15 is 0 Å². The van der Waals surface area contributed by atoms with E-state index in [-0.39, 0.29) is 18.3 Å². The first-order valence-corrected chi connectivity index (χ1v) is 8.34. The van der Waals surface area contributed by atoms with Crippen molar-refractivity contribution in [3.8, 4) is 11.1 Å². The van der Waals surface area contributed by atoms with Gasteiger partial charge in [-0.15, -0.1) is 23.7 Å². The molecule has 5 heteroatoms. The van der Waals surface area contributed by atoms with Gasteiger partial charge in [0.2, 0.25) is 0 Å². The monoisotopic (exact) mass is 336 g/mol. The Morgan fingerprint density at radius 3 is 2.82 bits per heavy atom. The molecule has 3 rings (SSSR count). The van der Waals surface area contributed by atoms with E-state index in [0.29, 0.717) is 5.92 Å². The van der Waals surface area contributed by atoms with Crippen molar-refractivity contribution < 1.29 is 4.79 Å². The van der Waals surface area contributed by atoms with Gasteiger partial charge in [-0.3, -0.25) is 4.79 Å². The summed E-state index contributed by atoms with van der Waals surface area (Å²) < 4.78 is 0. The summed E-state index contributed by atoms with van der Waals surface area (Å²) >= 11 is 1.51. The zero-order valence-corrected chi connectivity index (χ0v) is 14.0. The maximum absolute atomic E-state index is 12.4. The number of nitrogens with one attached hydrogen (secondary N) is 2. The summed E-state index contributed by atoms with van der Waals surface area (Å²) in [7, 11) is 0. The minimum atomic E-state index is 0. The molecule has 0 aliphatic carbocycles. The quantitative estimate of drug-likeness (QED) is 0.896. The molecule has 1 aromatic carbocycles. The minimum absolute atomic E-state index is 0. The van der Waals surface area contributed by atoms with Crippen LogP contribution in [-0.4, -0.2) is 25.5 Å². The third-order valence-electron chi connectivity index (χ3n) is 3.91. The topological polar surface area (TPSA) is 41.1 Å². The fourth-order valence-electron chi connectivity index (χ4n) is 2.75. The van der Waals surface area contributed by atoms with Gasteiger partial charge in [0.1, 0.15) is 0 Å². The lowest BCUT2D eigenvalue weighted by Gasteiger charge is -2.22. The third kappa shape index (κ3) is 4.09. The van der Waals surface area contributed by atoms with Crippen molar-refractivity contribution in [3.05, 3.63) is 46.7 Å². The smallest absolute Gasteiger partial charge is 0.261 e. The van der Waals surface area contributed by atoms with Crippen molar-refractivity contribution in [2.45, 2.75) is 12.8 Å². The van der Waals surface area contributed by atoms with E-state index in [1.165, 1.54) is 24.2 Å². The van der Waals surface area contributed by atoms with E-state index in [9.17, 15) is 4.79 Å². The first kappa shape index (κ1) is 17.0. The molecular weight excluding hydrogens is 316 g/mol. The van der Waals surface area contributed by atoms with Crippen LogP contribution in [0.5, 0.6) is 0 Å². The van der Waals surface area contributed by atoms with Gasteiger partial charge in [-0.25, -0.2) is 0 Å². The van der Waals surface area contributed by atoms with E-state index in [1.807, 2.05) is 41.8 Å². The first-order valence-electron chi connectivity index (χ1n) is 7.46. The number of hydrogen-bond acceptors (Lipinski definition) is 3. The van der Waals surface area contributed by atoms with Gasteiger partial charge >= 0.3 is 0 Å². The molecule has 2 aromatic rings. The molecule has 0 saturated carbocycles. The highest BCUT2D eigenvalue weighted by Crippen LogP contribution is 2.28. The Balaban J connectivity index is 0.00000176. The molecule has 1 aliphatic rings. The van der Waals surface area contributed by atoms with Crippen molar-refractivity contribution >= 4 is 29.7 Å². The van der Waals surface area contributed by atoms with Crippen molar-refractivity contribution in [1.82, 2.24) is 10.6 Å². The average molecular weight is 337 g/mol. The van der Waals surface area contributed by atoms with Crippen molar-refractivity contribution in [2.24, 2.45) is 5.92 Å². The van der Waals surface area contributed by atoms with Gasteiger partial charge in [0, 0.05) is 12.1 Å². The van der Waals surface area contributed by atoms with Crippen LogP contribution in [-0.2, 0) is 0 Å². The Morgan fingerprint density at radius 2 is 2.09 bits per heavy atom. The number of piperidine rings is 1. The van der Waals surface area contributed by atoms with Gasteiger partial charge in [0.25, 0.3) is 5.91 Å². The number of carbonyl (C=O) groups is 1.